The maximum atomic E-state index is 13.0. The summed E-state index contributed by atoms with van der Waals surface area (Å²) in [5.41, 5.74) is 4.06. The summed E-state index contributed by atoms with van der Waals surface area (Å²) in [6, 6.07) is 12.9. The lowest BCUT2D eigenvalue weighted by atomic mass is 9.95. The first-order valence-corrected chi connectivity index (χ1v) is 17.1. The molecule has 2 aromatic heterocycles. The Labute approximate surface area is 280 Å². The molecule has 6 heterocycles. The van der Waals surface area contributed by atoms with E-state index in [1.165, 1.54) is 31.2 Å². The Balaban J connectivity index is 1.05. The molecule has 242 valence electrons. The molecule has 2 aromatic carbocycles. The van der Waals surface area contributed by atoms with Crippen molar-refractivity contribution in [2.75, 3.05) is 62.2 Å². The van der Waals surface area contributed by atoms with Gasteiger partial charge in [-0.25, -0.2) is 0 Å². The van der Waals surface area contributed by atoms with Crippen molar-refractivity contribution in [1.82, 2.24) is 29.7 Å². The summed E-state index contributed by atoms with van der Waals surface area (Å²) in [4.78, 5) is 40.6. The van der Waals surface area contributed by atoms with E-state index in [1.54, 1.807) is 30.7 Å². The zero-order valence-electron chi connectivity index (χ0n) is 26.5. The van der Waals surface area contributed by atoms with E-state index in [9.17, 15) is 4.79 Å². The summed E-state index contributed by atoms with van der Waals surface area (Å²) in [7, 11) is 0. The van der Waals surface area contributed by atoms with Gasteiger partial charge < -0.3 is 19.4 Å². The summed E-state index contributed by atoms with van der Waals surface area (Å²) >= 11 is 6.74. The molecular weight excluding hydrogens is 612 g/mol. The Bertz CT molecular complexity index is 1790. The third kappa shape index (κ3) is 5.89. The first kappa shape index (κ1) is 30.1. The molecule has 0 atom stereocenters. The summed E-state index contributed by atoms with van der Waals surface area (Å²) in [5, 5.41) is 2.96. The van der Waals surface area contributed by atoms with Crippen molar-refractivity contribution in [2.24, 2.45) is 0 Å². The topological polar surface area (TPSA) is 90.8 Å². The molecule has 4 aliphatic heterocycles. The van der Waals surface area contributed by atoms with Crippen molar-refractivity contribution in [3.8, 4) is 6.01 Å². The fourth-order valence-corrected chi connectivity index (χ4v) is 8.20. The van der Waals surface area contributed by atoms with Crippen LogP contribution < -0.4 is 14.5 Å². The monoisotopic (exact) mass is 650 g/mol. The summed E-state index contributed by atoms with van der Waals surface area (Å²) in [5.74, 6) is 0.917. The molecule has 0 spiro atoms. The van der Waals surface area contributed by atoms with E-state index in [1.807, 2.05) is 17.0 Å². The Morgan fingerprint density at radius 3 is 2.53 bits per heavy atom. The average molecular weight is 651 g/mol. The number of ether oxygens (including phenoxy) is 1. The lowest BCUT2D eigenvalue weighted by Crippen LogP contribution is -2.49. The number of halogens is 1. The SMILES string of the molecule is O=C(/C=C/c1cnccn1)N1CCN(c2nc(OCC34CCCN3CCC4)nc3c2CCN(c2cccc4cccc(Cl)c24)C3)CC1. The van der Waals surface area contributed by atoms with Gasteiger partial charge in [0.2, 0.25) is 5.91 Å². The smallest absolute Gasteiger partial charge is 0.318 e. The quantitative estimate of drug-likeness (QED) is 0.256. The van der Waals surface area contributed by atoms with Crippen LogP contribution in [0.4, 0.5) is 11.5 Å². The number of rotatable bonds is 7. The van der Waals surface area contributed by atoms with Crippen LogP contribution in [0.25, 0.3) is 16.8 Å². The third-order valence-electron chi connectivity index (χ3n) is 10.3. The number of anilines is 2. The molecule has 3 fully saturated rings. The van der Waals surface area contributed by atoms with Crippen LogP contribution in [0.2, 0.25) is 5.02 Å². The largest absolute Gasteiger partial charge is 0.461 e. The van der Waals surface area contributed by atoms with Crippen LogP contribution in [0, 0.1) is 0 Å². The van der Waals surface area contributed by atoms with Crippen LogP contribution in [-0.2, 0) is 17.8 Å². The Kier molecular flexibility index (Phi) is 8.15. The van der Waals surface area contributed by atoms with E-state index in [0.717, 1.165) is 59.0 Å². The zero-order chi connectivity index (χ0) is 31.8. The van der Waals surface area contributed by atoms with Gasteiger partial charge in [0.25, 0.3) is 0 Å². The van der Waals surface area contributed by atoms with Crippen LogP contribution in [0.5, 0.6) is 6.01 Å². The number of carbonyl (C=O) groups is 1. The van der Waals surface area contributed by atoms with Crippen LogP contribution in [-0.4, -0.2) is 93.6 Å². The lowest BCUT2D eigenvalue weighted by molar-refractivity contribution is -0.126. The van der Waals surface area contributed by atoms with Gasteiger partial charge in [-0.15, -0.1) is 0 Å². The number of amides is 1. The molecule has 0 radical (unpaired) electrons. The Morgan fingerprint density at radius 1 is 0.936 bits per heavy atom. The van der Waals surface area contributed by atoms with Gasteiger partial charge in [-0.2, -0.15) is 9.97 Å². The van der Waals surface area contributed by atoms with Gasteiger partial charge in [0.05, 0.1) is 34.7 Å². The van der Waals surface area contributed by atoms with Crippen molar-refractivity contribution in [1.29, 1.82) is 0 Å². The maximum absolute atomic E-state index is 13.0. The van der Waals surface area contributed by atoms with Crippen LogP contribution in [0.3, 0.4) is 0 Å². The van der Waals surface area contributed by atoms with E-state index in [-0.39, 0.29) is 11.4 Å². The number of fused-ring (bicyclic) bond motifs is 3. The normalized spacial score (nSPS) is 19.4. The second-order valence-corrected chi connectivity index (χ2v) is 13.4. The average Bonchev–Trinajstić information content (AvgIpc) is 3.70. The molecule has 0 unspecified atom stereocenters. The molecule has 10 nitrogen and oxygen atoms in total. The highest BCUT2D eigenvalue weighted by Crippen LogP contribution is 2.40. The van der Waals surface area contributed by atoms with Crippen LogP contribution in [0.1, 0.15) is 42.6 Å². The third-order valence-corrected chi connectivity index (χ3v) is 10.7. The van der Waals surface area contributed by atoms with Gasteiger partial charge in [-0.1, -0.05) is 35.9 Å². The van der Waals surface area contributed by atoms with E-state index >= 15 is 0 Å². The first-order valence-electron chi connectivity index (χ1n) is 16.7. The molecular formula is C36H39ClN8O2. The van der Waals surface area contributed by atoms with Crippen molar-refractivity contribution < 1.29 is 9.53 Å². The second-order valence-electron chi connectivity index (χ2n) is 13.0. The number of benzene rings is 2. The van der Waals surface area contributed by atoms with Crippen LogP contribution in [0.15, 0.2) is 61.1 Å². The molecule has 0 N–H and O–H groups in total. The van der Waals surface area contributed by atoms with Gasteiger partial charge in [0.15, 0.2) is 0 Å². The number of hydrogen-bond acceptors (Lipinski definition) is 9. The van der Waals surface area contributed by atoms with E-state index in [4.69, 9.17) is 26.3 Å². The minimum Gasteiger partial charge on any atom is -0.461 e. The van der Waals surface area contributed by atoms with Crippen molar-refractivity contribution in [3.63, 3.8) is 0 Å². The number of piperazine rings is 1. The standard InChI is InChI=1S/C36H39ClN8O2/c37-29-7-1-5-26-6-2-8-31(33(26)29)44-18-11-28-30(24-44)40-35(47-25-36-12-3-16-45(36)17-4-13-36)41-34(28)43-21-19-42(20-22-43)32(46)10-9-27-23-38-14-15-39-27/h1-2,5-10,14-15,23H,3-4,11-13,16-22,24-25H2/b10-9+. The minimum absolute atomic E-state index is 0.0228. The molecule has 0 bridgehead atoms. The van der Waals surface area contributed by atoms with Crippen LogP contribution >= 0.6 is 11.6 Å². The molecule has 47 heavy (non-hydrogen) atoms. The predicted molar refractivity (Wildman–Crippen MR) is 184 cm³/mol. The summed E-state index contributed by atoms with van der Waals surface area (Å²) < 4.78 is 6.54. The number of hydrogen-bond donors (Lipinski definition) is 0. The van der Waals surface area contributed by atoms with Gasteiger partial charge in [0.1, 0.15) is 12.4 Å². The predicted octanol–water partition coefficient (Wildman–Crippen LogP) is 5.01. The van der Waals surface area contributed by atoms with Gasteiger partial charge in [0, 0.05) is 67.8 Å². The number of aromatic nitrogens is 4. The number of carbonyl (C=O) groups excluding carboxylic acids is 1. The van der Waals surface area contributed by atoms with E-state index < -0.39 is 0 Å². The lowest BCUT2D eigenvalue weighted by Gasteiger charge is -2.38. The second kappa shape index (κ2) is 12.7. The fourth-order valence-electron chi connectivity index (χ4n) is 7.92. The van der Waals surface area contributed by atoms with E-state index in [0.29, 0.717) is 51.0 Å². The van der Waals surface area contributed by atoms with Crippen molar-refractivity contribution in [3.05, 3.63) is 83.0 Å². The van der Waals surface area contributed by atoms with Gasteiger partial charge in [-0.05, 0) is 68.8 Å². The van der Waals surface area contributed by atoms with E-state index in [2.05, 4.69) is 48.9 Å². The highest BCUT2D eigenvalue weighted by Gasteiger charge is 2.45. The maximum Gasteiger partial charge on any atom is 0.318 e. The molecule has 4 aromatic rings. The van der Waals surface area contributed by atoms with Crippen molar-refractivity contribution >= 4 is 45.9 Å². The van der Waals surface area contributed by atoms with Crippen molar-refractivity contribution in [2.45, 2.75) is 44.2 Å². The molecule has 0 aliphatic carbocycles. The Hall–Kier alpha value is -4.28. The minimum atomic E-state index is -0.0228. The highest BCUT2D eigenvalue weighted by molar-refractivity contribution is 6.36. The zero-order valence-corrected chi connectivity index (χ0v) is 27.3. The summed E-state index contributed by atoms with van der Waals surface area (Å²) in [6.45, 7) is 7.00. The molecule has 1 amide bonds. The number of nitrogens with zero attached hydrogens (tertiary/aromatic N) is 8. The molecule has 11 heteroatoms. The molecule has 3 saturated heterocycles. The molecule has 0 saturated carbocycles. The molecule has 4 aliphatic rings. The summed E-state index contributed by atoms with van der Waals surface area (Å²) in [6.07, 6.45) is 13.8. The van der Waals surface area contributed by atoms with Gasteiger partial charge in [-0.3, -0.25) is 19.7 Å². The molecule has 8 rings (SSSR count). The highest BCUT2D eigenvalue weighted by atomic mass is 35.5. The fraction of sp³-hybridized carbons (Fsp3) is 0.417. The first-order chi connectivity index (χ1) is 23.1. The van der Waals surface area contributed by atoms with Gasteiger partial charge >= 0.3 is 6.01 Å². The Morgan fingerprint density at radius 2 is 1.74 bits per heavy atom.